The maximum Gasteiger partial charge on any atom is 0.123 e. The number of aliphatic hydroxyl groups excluding tert-OH is 1. The SMILES string of the molecule is Cc1cnc([C@@H]2C[C@H](CCO)CN2C)[nH]1. The van der Waals surface area contributed by atoms with Crippen LogP contribution in [0.4, 0.5) is 0 Å². The highest BCUT2D eigenvalue weighted by atomic mass is 16.3. The zero-order valence-electron chi connectivity index (χ0n) is 9.40. The number of nitrogens with one attached hydrogen (secondary N) is 1. The molecule has 1 aromatic heterocycles. The molecule has 0 aromatic carbocycles. The molecule has 4 heteroatoms. The minimum Gasteiger partial charge on any atom is -0.396 e. The van der Waals surface area contributed by atoms with Crippen molar-refractivity contribution in [2.24, 2.45) is 5.92 Å². The monoisotopic (exact) mass is 209 g/mol. The van der Waals surface area contributed by atoms with Gasteiger partial charge in [-0.2, -0.15) is 0 Å². The van der Waals surface area contributed by atoms with Crippen LogP contribution < -0.4 is 0 Å². The van der Waals surface area contributed by atoms with Crippen molar-refractivity contribution >= 4 is 0 Å². The molecule has 2 atom stereocenters. The summed E-state index contributed by atoms with van der Waals surface area (Å²) < 4.78 is 0. The summed E-state index contributed by atoms with van der Waals surface area (Å²) in [4.78, 5) is 10.00. The van der Waals surface area contributed by atoms with Gasteiger partial charge in [0, 0.05) is 25.0 Å². The molecule has 4 nitrogen and oxygen atoms in total. The Balaban J connectivity index is 2.04. The molecule has 0 unspecified atom stereocenters. The van der Waals surface area contributed by atoms with E-state index in [1.54, 1.807) is 0 Å². The smallest absolute Gasteiger partial charge is 0.123 e. The fourth-order valence-electron chi connectivity index (χ4n) is 2.42. The summed E-state index contributed by atoms with van der Waals surface area (Å²) in [6.45, 7) is 3.38. The van der Waals surface area contributed by atoms with Crippen molar-refractivity contribution in [3.63, 3.8) is 0 Å². The van der Waals surface area contributed by atoms with Gasteiger partial charge in [-0.3, -0.25) is 4.90 Å². The lowest BCUT2D eigenvalue weighted by Crippen LogP contribution is -2.19. The normalized spacial score (nSPS) is 27.4. The second kappa shape index (κ2) is 4.33. The molecule has 0 spiro atoms. The molecule has 84 valence electrons. The largest absolute Gasteiger partial charge is 0.396 e. The van der Waals surface area contributed by atoms with Crippen LogP contribution in [0.2, 0.25) is 0 Å². The van der Waals surface area contributed by atoms with Crippen LogP contribution in [0, 0.1) is 12.8 Å². The first-order valence-corrected chi connectivity index (χ1v) is 5.53. The number of aryl methyl sites for hydroxylation is 1. The summed E-state index contributed by atoms with van der Waals surface area (Å²) in [5.41, 5.74) is 1.11. The fourth-order valence-corrected chi connectivity index (χ4v) is 2.42. The van der Waals surface area contributed by atoms with Gasteiger partial charge >= 0.3 is 0 Å². The van der Waals surface area contributed by atoms with Gasteiger partial charge in [-0.15, -0.1) is 0 Å². The third-order valence-corrected chi connectivity index (χ3v) is 3.21. The third kappa shape index (κ3) is 2.21. The number of aromatic amines is 1. The molecule has 2 N–H and O–H groups in total. The Morgan fingerprint density at radius 3 is 3.07 bits per heavy atom. The predicted octanol–water partition coefficient (Wildman–Crippen LogP) is 1.09. The standard InChI is InChI=1S/C11H19N3O/c1-8-6-12-11(13-8)10-5-9(3-4-15)7-14(10)2/h6,9-10,15H,3-5,7H2,1-2H3,(H,12,13)/t9-,10-/m0/s1. The van der Waals surface area contributed by atoms with Crippen LogP contribution in [0.25, 0.3) is 0 Å². The molecule has 1 aliphatic rings. The lowest BCUT2D eigenvalue weighted by Gasteiger charge is -2.16. The number of likely N-dealkylation sites (tertiary alicyclic amines) is 1. The second-order valence-corrected chi connectivity index (χ2v) is 4.52. The van der Waals surface area contributed by atoms with Crippen LogP contribution >= 0.6 is 0 Å². The van der Waals surface area contributed by atoms with Crippen molar-refractivity contribution in [1.29, 1.82) is 0 Å². The van der Waals surface area contributed by atoms with Crippen molar-refractivity contribution in [3.8, 4) is 0 Å². The minimum atomic E-state index is 0.294. The van der Waals surface area contributed by atoms with E-state index in [2.05, 4.69) is 21.9 Å². The summed E-state index contributed by atoms with van der Waals surface area (Å²) >= 11 is 0. The average Bonchev–Trinajstić information content (AvgIpc) is 2.73. The summed E-state index contributed by atoms with van der Waals surface area (Å²) in [5.74, 6) is 1.67. The zero-order chi connectivity index (χ0) is 10.8. The molecule has 1 aliphatic heterocycles. The molecule has 0 radical (unpaired) electrons. The average molecular weight is 209 g/mol. The van der Waals surface area contributed by atoms with Crippen molar-refractivity contribution in [3.05, 3.63) is 17.7 Å². The molecule has 1 fully saturated rings. The number of aliphatic hydroxyl groups is 1. The predicted molar refractivity (Wildman–Crippen MR) is 58.5 cm³/mol. The van der Waals surface area contributed by atoms with E-state index >= 15 is 0 Å². The van der Waals surface area contributed by atoms with Crippen LogP contribution in [0.15, 0.2) is 6.20 Å². The fraction of sp³-hybridized carbons (Fsp3) is 0.727. The third-order valence-electron chi connectivity index (χ3n) is 3.21. The summed E-state index contributed by atoms with van der Waals surface area (Å²) in [7, 11) is 2.12. The maximum absolute atomic E-state index is 8.93. The van der Waals surface area contributed by atoms with Gasteiger partial charge in [0.1, 0.15) is 5.82 Å². The minimum absolute atomic E-state index is 0.294. The van der Waals surface area contributed by atoms with Crippen molar-refractivity contribution < 1.29 is 5.11 Å². The molecular formula is C11H19N3O. The quantitative estimate of drug-likeness (QED) is 0.783. The number of hydrogen-bond donors (Lipinski definition) is 2. The van der Waals surface area contributed by atoms with Gasteiger partial charge in [-0.05, 0) is 32.7 Å². The molecule has 1 aromatic rings. The summed E-state index contributed by atoms with van der Waals surface area (Å²) in [6.07, 6.45) is 3.88. The highest BCUT2D eigenvalue weighted by Crippen LogP contribution is 2.33. The van der Waals surface area contributed by atoms with Gasteiger partial charge in [0.25, 0.3) is 0 Å². The summed E-state index contributed by atoms with van der Waals surface area (Å²) in [5, 5.41) is 8.93. The van der Waals surface area contributed by atoms with Crippen LogP contribution in [0.1, 0.15) is 30.4 Å². The number of hydrogen-bond acceptors (Lipinski definition) is 3. The van der Waals surface area contributed by atoms with E-state index in [1.165, 1.54) is 0 Å². The van der Waals surface area contributed by atoms with E-state index in [-0.39, 0.29) is 0 Å². The maximum atomic E-state index is 8.93. The zero-order valence-corrected chi connectivity index (χ0v) is 9.40. The first kappa shape index (κ1) is 10.6. The number of H-pyrrole nitrogens is 1. The Hall–Kier alpha value is -0.870. The first-order valence-electron chi connectivity index (χ1n) is 5.53. The van der Waals surface area contributed by atoms with E-state index < -0.39 is 0 Å². The molecule has 15 heavy (non-hydrogen) atoms. The molecule has 0 saturated carbocycles. The van der Waals surface area contributed by atoms with Crippen molar-refractivity contribution in [2.45, 2.75) is 25.8 Å². The topological polar surface area (TPSA) is 52.2 Å². The molecular weight excluding hydrogens is 190 g/mol. The van der Waals surface area contributed by atoms with Gasteiger partial charge in [0.05, 0.1) is 6.04 Å². The Morgan fingerprint density at radius 1 is 1.67 bits per heavy atom. The van der Waals surface area contributed by atoms with Gasteiger partial charge in [0.15, 0.2) is 0 Å². The molecule has 2 heterocycles. The van der Waals surface area contributed by atoms with E-state index in [0.717, 1.165) is 30.9 Å². The number of rotatable bonds is 3. The Kier molecular flexibility index (Phi) is 3.07. The van der Waals surface area contributed by atoms with E-state index in [4.69, 9.17) is 5.11 Å². The Morgan fingerprint density at radius 2 is 2.47 bits per heavy atom. The molecule has 2 rings (SSSR count). The van der Waals surface area contributed by atoms with Crippen LogP contribution in [0.5, 0.6) is 0 Å². The Bertz CT molecular complexity index is 323. The van der Waals surface area contributed by atoms with Crippen LogP contribution in [-0.2, 0) is 0 Å². The van der Waals surface area contributed by atoms with Crippen LogP contribution in [-0.4, -0.2) is 40.2 Å². The Labute approximate surface area is 90.3 Å². The molecule has 0 bridgehead atoms. The lowest BCUT2D eigenvalue weighted by molar-refractivity contribution is 0.255. The highest BCUT2D eigenvalue weighted by Gasteiger charge is 2.31. The lowest BCUT2D eigenvalue weighted by atomic mass is 10.0. The molecule has 1 saturated heterocycles. The van der Waals surface area contributed by atoms with E-state index in [9.17, 15) is 0 Å². The number of nitrogens with zero attached hydrogens (tertiary/aromatic N) is 2. The van der Waals surface area contributed by atoms with E-state index in [1.807, 2.05) is 13.1 Å². The van der Waals surface area contributed by atoms with Gasteiger partial charge in [-0.25, -0.2) is 4.98 Å². The molecule has 0 aliphatic carbocycles. The van der Waals surface area contributed by atoms with Crippen molar-refractivity contribution in [1.82, 2.24) is 14.9 Å². The highest BCUT2D eigenvalue weighted by molar-refractivity contribution is 5.05. The first-order chi connectivity index (χ1) is 7.20. The van der Waals surface area contributed by atoms with Gasteiger partial charge < -0.3 is 10.1 Å². The van der Waals surface area contributed by atoms with Gasteiger partial charge in [-0.1, -0.05) is 0 Å². The van der Waals surface area contributed by atoms with E-state index in [0.29, 0.717) is 18.6 Å². The second-order valence-electron chi connectivity index (χ2n) is 4.52. The van der Waals surface area contributed by atoms with Crippen molar-refractivity contribution in [2.75, 3.05) is 20.2 Å². The van der Waals surface area contributed by atoms with Gasteiger partial charge in [0.2, 0.25) is 0 Å². The van der Waals surface area contributed by atoms with Crippen LogP contribution in [0.3, 0.4) is 0 Å². The summed E-state index contributed by atoms with van der Waals surface area (Å²) in [6, 6.07) is 0.398. The number of aromatic nitrogens is 2. The number of imidazole rings is 1. The molecule has 0 amide bonds.